The summed E-state index contributed by atoms with van der Waals surface area (Å²) in [5, 5.41) is 6.42. The molecule has 1 N–H and O–H groups in total. The second-order valence-corrected chi connectivity index (χ2v) is 3.06. The van der Waals surface area contributed by atoms with Gasteiger partial charge in [-0.15, -0.1) is 0 Å². The molecule has 4 heteroatoms. The summed E-state index contributed by atoms with van der Waals surface area (Å²) in [5.74, 6) is 0.0424. The van der Waals surface area contributed by atoms with Crippen LogP contribution in [0.25, 0.3) is 0 Å². The number of hydrogen-bond donors (Lipinski definition) is 1. The van der Waals surface area contributed by atoms with E-state index in [4.69, 9.17) is 0 Å². The highest BCUT2D eigenvalue weighted by atomic mass is 16.6. The molecule has 0 saturated heterocycles. The molecule has 2 rings (SSSR count). The van der Waals surface area contributed by atoms with Crippen LogP contribution in [0.5, 0.6) is 0 Å². The third-order valence-electron chi connectivity index (χ3n) is 2.07. The average molecular weight is 190 g/mol. The van der Waals surface area contributed by atoms with Crippen LogP contribution < -0.4 is 5.32 Å². The van der Waals surface area contributed by atoms with Crippen LogP contribution in [0.4, 0.5) is 5.69 Å². The van der Waals surface area contributed by atoms with Gasteiger partial charge in [-0.2, -0.15) is 0 Å². The number of hydrogen-bond acceptors (Lipinski definition) is 3. The van der Waals surface area contributed by atoms with Gasteiger partial charge >= 0.3 is 0 Å². The Morgan fingerprint density at radius 3 is 3.21 bits per heavy atom. The normalized spacial score (nSPS) is 14.2. The largest absolute Gasteiger partial charge is 0.399 e. The SMILES string of the molecule is CO/N=C\c1ccc2c(c1)NC(=O)C2. The molecular weight excluding hydrogens is 180 g/mol. The maximum Gasteiger partial charge on any atom is 0.228 e. The first-order valence-corrected chi connectivity index (χ1v) is 4.29. The zero-order valence-corrected chi connectivity index (χ0v) is 7.78. The number of nitrogens with zero attached hydrogens (tertiary/aromatic N) is 1. The number of anilines is 1. The molecule has 72 valence electrons. The van der Waals surface area contributed by atoms with E-state index >= 15 is 0 Å². The fraction of sp³-hybridized carbons (Fsp3) is 0.200. The molecule has 0 atom stereocenters. The minimum Gasteiger partial charge on any atom is -0.399 e. The standard InChI is InChI=1S/C10H10N2O2/c1-14-11-6-7-2-3-8-5-10(13)12-9(8)4-7/h2-4,6H,5H2,1H3,(H,12,13)/b11-6-. The summed E-state index contributed by atoms with van der Waals surface area (Å²) >= 11 is 0. The zero-order chi connectivity index (χ0) is 9.97. The Bertz CT molecular complexity index is 399. The number of amides is 1. The Morgan fingerprint density at radius 1 is 1.57 bits per heavy atom. The Balaban J connectivity index is 2.28. The first kappa shape index (κ1) is 8.74. The van der Waals surface area contributed by atoms with E-state index < -0.39 is 0 Å². The number of rotatable bonds is 2. The maximum atomic E-state index is 11.1. The molecule has 0 fully saturated rings. The molecule has 0 saturated carbocycles. The quantitative estimate of drug-likeness (QED) is 0.562. The monoisotopic (exact) mass is 190 g/mol. The molecule has 1 amide bonds. The van der Waals surface area contributed by atoms with E-state index in [0.717, 1.165) is 16.8 Å². The van der Waals surface area contributed by atoms with E-state index in [9.17, 15) is 4.79 Å². The second-order valence-electron chi connectivity index (χ2n) is 3.06. The number of oxime groups is 1. The van der Waals surface area contributed by atoms with E-state index in [1.54, 1.807) is 6.21 Å². The minimum absolute atomic E-state index is 0.0424. The van der Waals surface area contributed by atoms with Gasteiger partial charge in [-0.3, -0.25) is 4.79 Å². The number of carbonyl (C=O) groups excluding carboxylic acids is 1. The third kappa shape index (κ3) is 1.59. The molecule has 14 heavy (non-hydrogen) atoms. The second kappa shape index (κ2) is 3.49. The summed E-state index contributed by atoms with van der Waals surface area (Å²) in [4.78, 5) is 15.6. The van der Waals surface area contributed by atoms with E-state index in [1.807, 2.05) is 18.2 Å². The van der Waals surface area contributed by atoms with Gasteiger partial charge in [-0.25, -0.2) is 0 Å². The lowest BCUT2D eigenvalue weighted by molar-refractivity contribution is -0.115. The lowest BCUT2D eigenvalue weighted by Gasteiger charge is -1.98. The van der Waals surface area contributed by atoms with Crippen LogP contribution >= 0.6 is 0 Å². The molecular formula is C10H10N2O2. The molecule has 0 spiro atoms. The Labute approximate surface area is 81.6 Å². The van der Waals surface area contributed by atoms with Crippen molar-refractivity contribution >= 4 is 17.8 Å². The Hall–Kier alpha value is -1.84. The van der Waals surface area contributed by atoms with Crippen molar-refractivity contribution in [2.24, 2.45) is 5.16 Å². The Kier molecular flexibility index (Phi) is 2.18. The van der Waals surface area contributed by atoms with Gasteiger partial charge in [0.2, 0.25) is 5.91 Å². The first-order chi connectivity index (χ1) is 6.79. The number of benzene rings is 1. The summed E-state index contributed by atoms with van der Waals surface area (Å²) in [5.41, 5.74) is 2.81. The zero-order valence-electron chi connectivity index (χ0n) is 7.78. The summed E-state index contributed by atoms with van der Waals surface area (Å²) in [6.07, 6.45) is 2.07. The van der Waals surface area contributed by atoms with Gasteiger partial charge in [0.05, 0.1) is 12.6 Å². The molecule has 0 aliphatic carbocycles. The van der Waals surface area contributed by atoms with Crippen molar-refractivity contribution in [3.8, 4) is 0 Å². The predicted octanol–water partition coefficient (Wildman–Crippen LogP) is 1.16. The molecule has 1 aromatic rings. The predicted molar refractivity (Wildman–Crippen MR) is 53.4 cm³/mol. The van der Waals surface area contributed by atoms with Gasteiger partial charge in [0, 0.05) is 5.69 Å². The van der Waals surface area contributed by atoms with Crippen LogP contribution in [-0.4, -0.2) is 19.2 Å². The van der Waals surface area contributed by atoms with E-state index in [1.165, 1.54) is 7.11 Å². The van der Waals surface area contributed by atoms with Crippen LogP contribution in [0.2, 0.25) is 0 Å². The minimum atomic E-state index is 0.0424. The molecule has 1 aromatic carbocycles. The molecule has 1 heterocycles. The molecule has 0 unspecified atom stereocenters. The van der Waals surface area contributed by atoms with Gasteiger partial charge in [0.15, 0.2) is 0 Å². The Morgan fingerprint density at radius 2 is 2.43 bits per heavy atom. The van der Waals surface area contributed by atoms with Crippen molar-refractivity contribution in [3.63, 3.8) is 0 Å². The highest BCUT2D eigenvalue weighted by molar-refractivity contribution is 6.00. The average Bonchev–Trinajstić information content (AvgIpc) is 2.54. The summed E-state index contributed by atoms with van der Waals surface area (Å²) in [6, 6.07) is 5.70. The van der Waals surface area contributed by atoms with Crippen LogP contribution in [-0.2, 0) is 16.1 Å². The van der Waals surface area contributed by atoms with Crippen molar-refractivity contribution in [3.05, 3.63) is 29.3 Å². The van der Waals surface area contributed by atoms with Crippen molar-refractivity contribution in [1.82, 2.24) is 0 Å². The topological polar surface area (TPSA) is 50.7 Å². The van der Waals surface area contributed by atoms with Crippen molar-refractivity contribution in [1.29, 1.82) is 0 Å². The van der Waals surface area contributed by atoms with Crippen LogP contribution in [0, 0.1) is 0 Å². The van der Waals surface area contributed by atoms with Gasteiger partial charge in [-0.05, 0) is 17.2 Å². The van der Waals surface area contributed by atoms with Crippen LogP contribution in [0.15, 0.2) is 23.4 Å². The first-order valence-electron chi connectivity index (χ1n) is 4.29. The summed E-state index contributed by atoms with van der Waals surface area (Å²) < 4.78 is 0. The highest BCUT2D eigenvalue weighted by Gasteiger charge is 2.16. The molecule has 1 aliphatic heterocycles. The van der Waals surface area contributed by atoms with Gasteiger partial charge in [0.1, 0.15) is 7.11 Å². The molecule has 0 aromatic heterocycles. The summed E-state index contributed by atoms with van der Waals surface area (Å²) in [7, 11) is 1.49. The summed E-state index contributed by atoms with van der Waals surface area (Å²) in [6.45, 7) is 0. The van der Waals surface area contributed by atoms with E-state index in [2.05, 4.69) is 15.3 Å². The maximum absolute atomic E-state index is 11.1. The highest BCUT2D eigenvalue weighted by Crippen LogP contribution is 2.23. The van der Waals surface area contributed by atoms with Gasteiger partial charge in [-0.1, -0.05) is 17.3 Å². The third-order valence-corrected chi connectivity index (χ3v) is 2.07. The fourth-order valence-electron chi connectivity index (χ4n) is 1.43. The van der Waals surface area contributed by atoms with Crippen LogP contribution in [0.1, 0.15) is 11.1 Å². The fourth-order valence-corrected chi connectivity index (χ4v) is 1.43. The molecule has 1 aliphatic rings. The van der Waals surface area contributed by atoms with Crippen molar-refractivity contribution in [2.75, 3.05) is 12.4 Å². The lowest BCUT2D eigenvalue weighted by atomic mass is 10.1. The number of nitrogens with one attached hydrogen (secondary N) is 1. The smallest absolute Gasteiger partial charge is 0.228 e. The lowest BCUT2D eigenvalue weighted by Crippen LogP contribution is -2.03. The van der Waals surface area contributed by atoms with Crippen molar-refractivity contribution in [2.45, 2.75) is 6.42 Å². The van der Waals surface area contributed by atoms with Crippen LogP contribution in [0.3, 0.4) is 0 Å². The molecule has 0 bridgehead atoms. The van der Waals surface area contributed by atoms with Gasteiger partial charge in [0.25, 0.3) is 0 Å². The van der Waals surface area contributed by atoms with E-state index in [-0.39, 0.29) is 5.91 Å². The number of carbonyl (C=O) groups is 1. The number of fused-ring (bicyclic) bond motifs is 1. The van der Waals surface area contributed by atoms with Crippen molar-refractivity contribution < 1.29 is 9.63 Å². The molecule has 4 nitrogen and oxygen atoms in total. The van der Waals surface area contributed by atoms with E-state index in [0.29, 0.717) is 6.42 Å². The molecule has 0 radical (unpaired) electrons. The van der Waals surface area contributed by atoms with Gasteiger partial charge < -0.3 is 10.2 Å².